The van der Waals surface area contributed by atoms with Gasteiger partial charge in [0, 0.05) is 40.7 Å². The Morgan fingerprint density at radius 2 is 1.94 bits per heavy atom. The van der Waals surface area contributed by atoms with Crippen molar-refractivity contribution in [2.24, 2.45) is 0 Å². The number of rotatable bonds is 8. The van der Waals surface area contributed by atoms with Crippen LogP contribution in [0.1, 0.15) is 49.0 Å². The van der Waals surface area contributed by atoms with Crippen molar-refractivity contribution < 1.29 is 19.1 Å². The van der Waals surface area contributed by atoms with Gasteiger partial charge in [-0.25, -0.2) is 0 Å². The fourth-order valence-electron chi connectivity index (χ4n) is 4.45. The van der Waals surface area contributed by atoms with E-state index in [0.717, 1.165) is 21.3 Å². The minimum atomic E-state index is -0.937. The second-order valence-electron chi connectivity index (χ2n) is 8.83. The van der Waals surface area contributed by atoms with Crippen molar-refractivity contribution in [3.63, 3.8) is 0 Å². The predicted octanol–water partition coefficient (Wildman–Crippen LogP) is 5.19. The number of aryl methyl sites for hydroxylation is 1. The molecule has 2 aromatic carbocycles. The number of carbonyl (C=O) groups excluding carboxylic acids is 3. The van der Waals surface area contributed by atoms with Crippen LogP contribution in [0, 0.1) is 6.92 Å². The van der Waals surface area contributed by atoms with E-state index < -0.39 is 5.54 Å². The molecule has 0 radical (unpaired) electrons. The quantitative estimate of drug-likeness (QED) is 0.418. The van der Waals surface area contributed by atoms with E-state index in [4.69, 9.17) is 4.74 Å². The lowest BCUT2D eigenvalue weighted by Crippen LogP contribution is -2.68. The smallest absolute Gasteiger partial charge is 0.305 e. The molecule has 34 heavy (non-hydrogen) atoms. The fourth-order valence-corrected chi connectivity index (χ4v) is 5.38. The molecule has 178 valence electrons. The van der Waals surface area contributed by atoms with Crippen molar-refractivity contribution in [3.8, 4) is 0 Å². The maximum absolute atomic E-state index is 13.9. The third-order valence-corrected chi connectivity index (χ3v) is 7.43. The van der Waals surface area contributed by atoms with Gasteiger partial charge in [-0.1, -0.05) is 30.3 Å². The molecule has 1 saturated heterocycles. The molecule has 1 atom stereocenters. The van der Waals surface area contributed by atoms with E-state index in [1.807, 2.05) is 67.8 Å². The molecule has 0 saturated carbocycles. The molecule has 2 heterocycles. The number of carbonyl (C=O) groups is 3. The van der Waals surface area contributed by atoms with E-state index in [9.17, 15) is 14.4 Å². The van der Waals surface area contributed by atoms with Gasteiger partial charge in [0.05, 0.1) is 12.2 Å². The Labute approximate surface area is 204 Å². The van der Waals surface area contributed by atoms with Gasteiger partial charge in [-0.05, 0) is 57.4 Å². The van der Waals surface area contributed by atoms with Crippen LogP contribution in [0.15, 0.2) is 53.9 Å². The van der Waals surface area contributed by atoms with Gasteiger partial charge >= 0.3 is 5.97 Å². The average molecular weight is 479 g/mol. The Hall–Kier alpha value is -3.19. The maximum Gasteiger partial charge on any atom is 0.305 e. The van der Waals surface area contributed by atoms with Crippen LogP contribution in [-0.4, -0.2) is 47.9 Å². The van der Waals surface area contributed by atoms with Crippen LogP contribution in [0.5, 0.6) is 0 Å². The molecule has 1 aromatic heterocycles. The highest BCUT2D eigenvalue weighted by molar-refractivity contribution is 7.17. The number of hydrogen-bond donors (Lipinski definition) is 0. The molecule has 1 aliphatic heterocycles. The zero-order valence-electron chi connectivity index (χ0n) is 19.9. The zero-order chi connectivity index (χ0) is 24.3. The molecular weight excluding hydrogens is 448 g/mol. The van der Waals surface area contributed by atoms with Crippen LogP contribution in [-0.2, 0) is 14.3 Å². The monoisotopic (exact) mass is 478 g/mol. The molecule has 4 rings (SSSR count). The van der Waals surface area contributed by atoms with Crippen molar-refractivity contribution >= 4 is 44.9 Å². The van der Waals surface area contributed by atoms with E-state index in [2.05, 4.69) is 0 Å². The summed E-state index contributed by atoms with van der Waals surface area (Å²) < 4.78 is 6.09. The minimum Gasteiger partial charge on any atom is -0.466 e. The van der Waals surface area contributed by atoms with Gasteiger partial charge in [0.2, 0.25) is 0 Å². The predicted molar refractivity (Wildman–Crippen MR) is 135 cm³/mol. The number of hydrogen-bond acceptors (Lipinski definition) is 5. The number of thiophene rings is 1. The van der Waals surface area contributed by atoms with Gasteiger partial charge in [0.1, 0.15) is 5.54 Å². The van der Waals surface area contributed by atoms with E-state index >= 15 is 0 Å². The number of nitrogens with zero attached hydrogens (tertiary/aromatic N) is 2. The number of fused-ring (bicyclic) bond motifs is 1. The summed E-state index contributed by atoms with van der Waals surface area (Å²) in [7, 11) is 0. The fraction of sp³-hybridized carbons (Fsp3) is 0.370. The second-order valence-corrected chi connectivity index (χ2v) is 9.74. The normalized spacial score (nSPS) is 17.3. The lowest BCUT2D eigenvalue weighted by molar-refractivity contribution is -0.143. The summed E-state index contributed by atoms with van der Waals surface area (Å²) in [6, 6.07) is 15.6. The Kier molecular flexibility index (Phi) is 7.03. The summed E-state index contributed by atoms with van der Waals surface area (Å²) in [5.41, 5.74) is 1.52. The standard InChI is InChI=1S/C27H30N2O4S/c1-4-33-24(30)13-8-15-28(20-10-7-9-19(2)17-20)26(32)27(3)14-16-29(27)25(31)22-18-34-23-12-6-5-11-21(22)23/h5-7,9-12,17-18H,4,8,13-16H2,1-3H3. The van der Waals surface area contributed by atoms with Gasteiger partial charge in [0.25, 0.3) is 11.8 Å². The Morgan fingerprint density at radius 3 is 2.65 bits per heavy atom. The highest BCUT2D eigenvalue weighted by atomic mass is 32.1. The molecule has 7 heteroatoms. The van der Waals surface area contributed by atoms with Crippen molar-refractivity contribution in [1.29, 1.82) is 0 Å². The van der Waals surface area contributed by atoms with Crippen molar-refractivity contribution in [2.75, 3.05) is 24.6 Å². The number of amides is 2. The molecule has 3 aromatic rings. The first-order valence-corrected chi connectivity index (χ1v) is 12.6. The molecule has 1 aliphatic rings. The van der Waals surface area contributed by atoms with E-state index in [-0.39, 0.29) is 24.2 Å². The molecular formula is C27H30N2O4S. The number of ether oxygens (including phenoxy) is 1. The molecule has 6 nitrogen and oxygen atoms in total. The van der Waals surface area contributed by atoms with Gasteiger partial charge in [-0.3, -0.25) is 14.4 Å². The van der Waals surface area contributed by atoms with E-state index in [1.54, 1.807) is 16.7 Å². The van der Waals surface area contributed by atoms with Gasteiger partial charge in [0.15, 0.2) is 0 Å². The second kappa shape index (κ2) is 9.97. The van der Waals surface area contributed by atoms with Crippen LogP contribution in [0.25, 0.3) is 10.1 Å². The number of esters is 1. The average Bonchev–Trinajstić information content (AvgIpc) is 3.25. The van der Waals surface area contributed by atoms with Crippen molar-refractivity contribution in [3.05, 3.63) is 65.0 Å². The Balaban J connectivity index is 1.58. The third kappa shape index (κ3) is 4.57. The lowest BCUT2D eigenvalue weighted by atomic mass is 9.84. The van der Waals surface area contributed by atoms with Crippen molar-refractivity contribution in [2.45, 2.75) is 45.6 Å². The SMILES string of the molecule is CCOC(=O)CCCN(C(=O)C1(C)CCN1C(=O)c1csc2ccccc12)c1cccc(C)c1. The Morgan fingerprint density at radius 1 is 1.15 bits per heavy atom. The van der Waals surface area contributed by atoms with Crippen LogP contribution < -0.4 is 4.90 Å². The summed E-state index contributed by atoms with van der Waals surface area (Å²) >= 11 is 1.54. The van der Waals surface area contributed by atoms with Crippen LogP contribution in [0.3, 0.4) is 0 Å². The zero-order valence-corrected chi connectivity index (χ0v) is 20.7. The topological polar surface area (TPSA) is 66.9 Å². The van der Waals surface area contributed by atoms with E-state index in [0.29, 0.717) is 38.1 Å². The summed E-state index contributed by atoms with van der Waals surface area (Å²) in [4.78, 5) is 42.7. The number of benzene rings is 2. The molecule has 0 N–H and O–H groups in total. The van der Waals surface area contributed by atoms with Gasteiger partial charge < -0.3 is 14.5 Å². The van der Waals surface area contributed by atoms with E-state index in [1.165, 1.54) is 11.3 Å². The summed E-state index contributed by atoms with van der Waals surface area (Å²) in [5, 5.41) is 2.80. The van der Waals surface area contributed by atoms with Crippen LogP contribution in [0.2, 0.25) is 0 Å². The highest BCUT2D eigenvalue weighted by Crippen LogP contribution is 2.37. The molecule has 0 bridgehead atoms. The highest BCUT2D eigenvalue weighted by Gasteiger charge is 2.51. The largest absolute Gasteiger partial charge is 0.466 e. The van der Waals surface area contributed by atoms with Gasteiger partial charge in [-0.2, -0.15) is 0 Å². The number of anilines is 1. The molecule has 0 aliphatic carbocycles. The molecule has 2 amide bonds. The van der Waals surface area contributed by atoms with Crippen LogP contribution in [0.4, 0.5) is 5.69 Å². The molecule has 1 fully saturated rings. The Bertz CT molecular complexity index is 1220. The first-order chi connectivity index (χ1) is 16.3. The van der Waals surface area contributed by atoms with Crippen molar-refractivity contribution in [1.82, 2.24) is 4.90 Å². The lowest BCUT2D eigenvalue weighted by Gasteiger charge is -2.50. The minimum absolute atomic E-state index is 0.115. The first-order valence-electron chi connectivity index (χ1n) is 11.7. The van der Waals surface area contributed by atoms with Crippen LogP contribution >= 0.6 is 11.3 Å². The first kappa shape index (κ1) is 24.0. The molecule has 1 unspecified atom stereocenters. The third-order valence-electron chi connectivity index (χ3n) is 6.46. The maximum atomic E-state index is 13.9. The summed E-state index contributed by atoms with van der Waals surface area (Å²) in [6.07, 6.45) is 1.32. The summed E-state index contributed by atoms with van der Waals surface area (Å²) in [5.74, 6) is -0.508. The molecule has 0 spiro atoms. The summed E-state index contributed by atoms with van der Waals surface area (Å²) in [6.45, 7) is 6.86. The number of likely N-dealkylation sites (tertiary alicyclic amines) is 1. The van der Waals surface area contributed by atoms with Gasteiger partial charge in [-0.15, -0.1) is 11.3 Å².